The fourth-order valence-electron chi connectivity index (χ4n) is 2.52. The van der Waals surface area contributed by atoms with E-state index in [9.17, 15) is 18.5 Å². The number of ether oxygens (including phenoxy) is 1. The van der Waals surface area contributed by atoms with Crippen molar-refractivity contribution in [2.45, 2.75) is 36.7 Å². The summed E-state index contributed by atoms with van der Waals surface area (Å²) in [6.07, 6.45) is 1.29. The van der Waals surface area contributed by atoms with Crippen LogP contribution >= 0.6 is 0 Å². The third kappa shape index (κ3) is 3.73. The monoisotopic (exact) mass is 329 g/mol. The average molecular weight is 329 g/mol. The standard InChI is InChI=1S/C13H19N3O5S/c1-9-7-10(5-6-14-9)15-22(19,20)13-4-3-11(21-2)8-12(13)16(17)18/h3-4,8-10,14-15H,5-7H2,1-2H3. The van der Waals surface area contributed by atoms with Crippen LogP contribution in [0.2, 0.25) is 0 Å². The molecule has 8 nitrogen and oxygen atoms in total. The highest BCUT2D eigenvalue weighted by Crippen LogP contribution is 2.28. The highest BCUT2D eigenvalue weighted by Gasteiger charge is 2.30. The average Bonchev–Trinajstić information content (AvgIpc) is 2.46. The molecule has 1 heterocycles. The number of rotatable bonds is 5. The minimum atomic E-state index is -3.96. The van der Waals surface area contributed by atoms with Gasteiger partial charge in [-0.25, -0.2) is 13.1 Å². The highest BCUT2D eigenvalue weighted by atomic mass is 32.2. The number of nitrogens with one attached hydrogen (secondary N) is 2. The summed E-state index contributed by atoms with van der Waals surface area (Å²) in [7, 11) is -2.60. The first-order valence-corrected chi connectivity index (χ1v) is 8.40. The SMILES string of the molecule is COc1ccc(S(=O)(=O)NC2CCNC(C)C2)c([N+](=O)[O-])c1. The molecule has 0 amide bonds. The molecule has 1 aromatic rings. The van der Waals surface area contributed by atoms with E-state index in [4.69, 9.17) is 4.74 Å². The summed E-state index contributed by atoms with van der Waals surface area (Å²) in [5.74, 6) is 0.237. The molecule has 0 spiro atoms. The number of nitro benzene ring substituents is 1. The first-order valence-electron chi connectivity index (χ1n) is 6.91. The number of piperidine rings is 1. The van der Waals surface area contributed by atoms with Gasteiger partial charge in [0, 0.05) is 12.1 Å². The molecule has 1 fully saturated rings. The molecule has 1 aromatic carbocycles. The Hall–Kier alpha value is -1.71. The quantitative estimate of drug-likeness (QED) is 0.616. The van der Waals surface area contributed by atoms with E-state index in [1.165, 1.54) is 19.2 Å². The third-order valence-corrected chi connectivity index (χ3v) is 5.17. The molecule has 2 unspecified atom stereocenters. The molecule has 0 saturated carbocycles. The molecule has 2 atom stereocenters. The van der Waals surface area contributed by atoms with Gasteiger partial charge >= 0.3 is 0 Å². The highest BCUT2D eigenvalue weighted by molar-refractivity contribution is 7.89. The summed E-state index contributed by atoms with van der Waals surface area (Å²) in [5.41, 5.74) is -0.492. The summed E-state index contributed by atoms with van der Waals surface area (Å²) in [6, 6.07) is 3.67. The molecule has 0 radical (unpaired) electrons. The third-order valence-electron chi connectivity index (χ3n) is 3.60. The summed E-state index contributed by atoms with van der Waals surface area (Å²) in [6.45, 7) is 2.68. The van der Waals surface area contributed by atoms with Gasteiger partial charge in [0.05, 0.1) is 18.1 Å². The minimum absolute atomic E-state index is 0.201. The summed E-state index contributed by atoms with van der Waals surface area (Å²) >= 11 is 0. The molecule has 22 heavy (non-hydrogen) atoms. The zero-order valence-corrected chi connectivity index (χ0v) is 13.2. The maximum absolute atomic E-state index is 12.5. The lowest BCUT2D eigenvalue weighted by molar-refractivity contribution is -0.387. The van der Waals surface area contributed by atoms with Gasteiger partial charge in [0.25, 0.3) is 5.69 Å². The van der Waals surface area contributed by atoms with E-state index in [0.717, 1.165) is 6.07 Å². The van der Waals surface area contributed by atoms with Crippen LogP contribution in [0.4, 0.5) is 5.69 Å². The van der Waals surface area contributed by atoms with Crippen LogP contribution in [-0.2, 0) is 10.0 Å². The number of nitro groups is 1. The van der Waals surface area contributed by atoms with Crippen molar-refractivity contribution in [3.8, 4) is 5.75 Å². The predicted molar refractivity (Wildman–Crippen MR) is 80.5 cm³/mol. The molecular formula is C13H19N3O5S. The van der Waals surface area contributed by atoms with E-state index in [-0.39, 0.29) is 22.7 Å². The number of hydrogen-bond donors (Lipinski definition) is 2. The summed E-state index contributed by atoms with van der Waals surface area (Å²) in [4.78, 5) is 10.1. The van der Waals surface area contributed by atoms with Gasteiger partial charge in [-0.2, -0.15) is 0 Å². The van der Waals surface area contributed by atoms with Crippen molar-refractivity contribution >= 4 is 15.7 Å². The van der Waals surface area contributed by atoms with Gasteiger partial charge in [0.15, 0.2) is 4.90 Å². The van der Waals surface area contributed by atoms with Crippen LogP contribution in [0.25, 0.3) is 0 Å². The zero-order chi connectivity index (χ0) is 16.3. The number of benzene rings is 1. The smallest absolute Gasteiger partial charge is 0.293 e. The molecule has 0 bridgehead atoms. The predicted octanol–water partition coefficient (Wildman–Crippen LogP) is 1.02. The van der Waals surface area contributed by atoms with Crippen LogP contribution < -0.4 is 14.8 Å². The second-order valence-electron chi connectivity index (χ2n) is 5.29. The first-order chi connectivity index (χ1) is 10.3. The number of methoxy groups -OCH3 is 1. The van der Waals surface area contributed by atoms with E-state index in [2.05, 4.69) is 10.0 Å². The molecule has 0 aromatic heterocycles. The van der Waals surface area contributed by atoms with Crippen LogP contribution in [0, 0.1) is 10.1 Å². The Balaban J connectivity index is 2.30. The molecule has 1 saturated heterocycles. The normalized spacial score (nSPS) is 22.3. The fourth-order valence-corrected chi connectivity index (χ4v) is 3.95. The molecule has 122 valence electrons. The first kappa shape index (κ1) is 16.7. The van der Waals surface area contributed by atoms with Gasteiger partial charge in [0.2, 0.25) is 10.0 Å². The van der Waals surface area contributed by atoms with Crippen molar-refractivity contribution in [3.63, 3.8) is 0 Å². The molecule has 0 aliphatic carbocycles. The maximum atomic E-state index is 12.5. The Bertz CT molecular complexity index is 662. The Labute approximate surface area is 129 Å². The molecule has 1 aliphatic heterocycles. The van der Waals surface area contributed by atoms with Gasteiger partial charge in [0.1, 0.15) is 5.75 Å². The Kier molecular flexibility index (Phi) is 4.99. The van der Waals surface area contributed by atoms with Crippen LogP contribution in [0.5, 0.6) is 5.75 Å². The van der Waals surface area contributed by atoms with Gasteiger partial charge in [-0.3, -0.25) is 10.1 Å². The second kappa shape index (κ2) is 6.59. The van der Waals surface area contributed by atoms with Crippen molar-refractivity contribution in [1.82, 2.24) is 10.0 Å². The van der Waals surface area contributed by atoms with Crippen molar-refractivity contribution in [1.29, 1.82) is 0 Å². The Morgan fingerprint density at radius 1 is 1.45 bits per heavy atom. The van der Waals surface area contributed by atoms with Gasteiger partial charge in [-0.15, -0.1) is 0 Å². The topological polar surface area (TPSA) is 111 Å². The molecule has 2 rings (SSSR count). The number of sulfonamides is 1. The van der Waals surface area contributed by atoms with Crippen LogP contribution in [0.3, 0.4) is 0 Å². The zero-order valence-electron chi connectivity index (χ0n) is 12.4. The van der Waals surface area contributed by atoms with Crippen molar-refractivity contribution in [3.05, 3.63) is 28.3 Å². The fraction of sp³-hybridized carbons (Fsp3) is 0.538. The van der Waals surface area contributed by atoms with Gasteiger partial charge in [-0.1, -0.05) is 0 Å². The van der Waals surface area contributed by atoms with Gasteiger partial charge < -0.3 is 10.1 Å². The van der Waals surface area contributed by atoms with Crippen molar-refractivity contribution < 1.29 is 18.1 Å². The van der Waals surface area contributed by atoms with E-state index in [0.29, 0.717) is 19.4 Å². The van der Waals surface area contributed by atoms with E-state index >= 15 is 0 Å². The summed E-state index contributed by atoms with van der Waals surface area (Å²) < 4.78 is 32.4. The van der Waals surface area contributed by atoms with Crippen LogP contribution in [0.1, 0.15) is 19.8 Å². The van der Waals surface area contributed by atoms with Gasteiger partial charge in [-0.05, 0) is 38.4 Å². The Morgan fingerprint density at radius 2 is 2.18 bits per heavy atom. The number of nitrogens with zero attached hydrogens (tertiary/aromatic N) is 1. The van der Waals surface area contributed by atoms with Crippen LogP contribution in [-0.4, -0.2) is 39.1 Å². The lowest BCUT2D eigenvalue weighted by Gasteiger charge is -2.28. The summed E-state index contributed by atoms with van der Waals surface area (Å²) in [5, 5.41) is 14.4. The van der Waals surface area contributed by atoms with Crippen LogP contribution in [0.15, 0.2) is 23.1 Å². The van der Waals surface area contributed by atoms with Crippen molar-refractivity contribution in [2.24, 2.45) is 0 Å². The largest absolute Gasteiger partial charge is 0.497 e. The lowest BCUT2D eigenvalue weighted by Crippen LogP contribution is -2.46. The maximum Gasteiger partial charge on any atom is 0.293 e. The lowest BCUT2D eigenvalue weighted by atomic mass is 10.0. The van der Waals surface area contributed by atoms with E-state index < -0.39 is 20.6 Å². The second-order valence-corrected chi connectivity index (χ2v) is 6.97. The van der Waals surface area contributed by atoms with E-state index in [1.54, 1.807) is 0 Å². The minimum Gasteiger partial charge on any atom is -0.497 e. The molecular weight excluding hydrogens is 310 g/mol. The molecule has 9 heteroatoms. The Morgan fingerprint density at radius 3 is 2.77 bits per heavy atom. The van der Waals surface area contributed by atoms with Crippen molar-refractivity contribution in [2.75, 3.05) is 13.7 Å². The molecule has 2 N–H and O–H groups in total. The van der Waals surface area contributed by atoms with E-state index in [1.807, 2.05) is 6.92 Å². The molecule has 1 aliphatic rings. The number of hydrogen-bond acceptors (Lipinski definition) is 6.